The fraction of sp³-hybridized carbons (Fsp3) is 0.667. The topological polar surface area (TPSA) is 83.5 Å². The first-order valence-corrected chi connectivity index (χ1v) is 1.64. The maximum Gasteiger partial charge on any atom is 0.322 e. The Balaban J connectivity index is 3.64. The summed E-state index contributed by atoms with van der Waals surface area (Å²) in [5.41, 5.74) is 4.72. The lowest BCUT2D eigenvalue weighted by molar-refractivity contribution is -0.139. The Labute approximate surface area is 42.0 Å². The second kappa shape index (κ2) is 2.54. The summed E-state index contributed by atoms with van der Waals surface area (Å²) in [4.78, 5) is 9.74. The molecule has 0 amide bonds. The van der Waals surface area contributed by atoms with Crippen molar-refractivity contribution in [3.63, 3.8) is 0 Å². The number of nitrogens with two attached hydrogens (primary N) is 1. The molecular weight excluding hydrogens is 102 g/mol. The van der Waals surface area contributed by atoms with Crippen molar-refractivity contribution in [2.24, 2.45) is 5.73 Å². The summed E-state index contributed by atoms with van der Waals surface area (Å²) in [5, 5.41) is 16.1. The van der Waals surface area contributed by atoms with Gasteiger partial charge in [0.15, 0.2) is 0 Å². The Bertz CT molecular complexity index is 94.5. The van der Waals surface area contributed by atoms with Gasteiger partial charge in [0.1, 0.15) is 6.04 Å². The number of hydrogen-bond donors (Lipinski definition) is 3. The molecule has 0 bridgehead atoms. The molecule has 0 radical (unpaired) electrons. The SMILES string of the molecule is [2H][13CH](O)[13C@H]([15NH2])[13C](=O)O. The fourth-order valence-electron chi connectivity index (χ4n) is 0.0638. The number of aliphatic hydroxyl groups is 1. The molecule has 4 N–H and O–H groups in total. The predicted molar refractivity (Wildman–Crippen MR) is 22.7 cm³/mol. The molecule has 0 aromatic carbocycles. The number of carboxylic acid groups (broad SMARTS) is 1. The molecule has 0 aliphatic carbocycles. The summed E-state index contributed by atoms with van der Waals surface area (Å²) in [6.45, 7) is -1.73. The Morgan fingerprint density at radius 3 is 2.57 bits per heavy atom. The van der Waals surface area contributed by atoms with E-state index in [1.807, 2.05) is 0 Å². The zero-order valence-electron chi connectivity index (χ0n) is 4.53. The molecule has 7 heavy (non-hydrogen) atoms. The van der Waals surface area contributed by atoms with Gasteiger partial charge < -0.3 is 15.9 Å². The average molecular weight is 110 g/mol. The lowest BCUT2D eigenvalue weighted by atomic mass is 11.3. The number of carbonyl (C=O) groups is 1. The van der Waals surface area contributed by atoms with Crippen molar-refractivity contribution < 1.29 is 16.4 Å². The van der Waals surface area contributed by atoms with Crippen molar-refractivity contribution in [3.8, 4) is 0 Å². The minimum atomic E-state index is -1.73. The van der Waals surface area contributed by atoms with E-state index in [0.717, 1.165) is 0 Å². The monoisotopic (exact) mass is 110 g/mol. The van der Waals surface area contributed by atoms with Crippen LogP contribution < -0.4 is 5.73 Å². The highest BCUT2D eigenvalue weighted by Gasteiger charge is 2.06. The Morgan fingerprint density at radius 2 is 2.57 bits per heavy atom. The van der Waals surface area contributed by atoms with Crippen molar-refractivity contribution in [2.75, 3.05) is 6.58 Å². The third kappa shape index (κ3) is 2.13. The third-order valence-electron chi connectivity index (χ3n) is 0.446. The molecule has 0 rings (SSSR count). The molecule has 4 nitrogen and oxygen atoms in total. The highest BCUT2D eigenvalue weighted by atomic mass is 16.5. The maximum atomic E-state index is 9.74. The first-order chi connectivity index (χ1) is 3.55. The molecule has 42 valence electrons. The molecule has 0 aromatic rings. The number of aliphatic hydroxyl groups excluding tert-OH is 1. The largest absolute Gasteiger partial charge is 0.480 e. The van der Waals surface area contributed by atoms with Gasteiger partial charge in [-0.15, -0.1) is 0 Å². The van der Waals surface area contributed by atoms with Gasteiger partial charge in [0, 0.05) is 0 Å². The number of carboxylic acids is 1. The minimum Gasteiger partial charge on any atom is -0.480 e. The van der Waals surface area contributed by atoms with Crippen molar-refractivity contribution in [1.82, 2.24) is 0 Å². The molecule has 0 aliphatic rings. The maximum absolute atomic E-state index is 9.74. The number of rotatable bonds is 2. The second-order valence-electron chi connectivity index (χ2n) is 1.01. The molecule has 0 aliphatic heterocycles. The van der Waals surface area contributed by atoms with Crippen molar-refractivity contribution in [3.05, 3.63) is 0 Å². The molecular formula is C3H7NO3. The molecule has 0 saturated carbocycles. The normalized spacial score (nSPS) is 20.0. The van der Waals surface area contributed by atoms with Crippen LogP contribution in [0.25, 0.3) is 0 Å². The standard InChI is InChI=1S/C3H7NO3/c4-2(1-5)3(6)7/h2,5H,1,4H2,(H,6,7)/t2-/m0/s1/i1+1D,2+1,3+1,4+1/t1?,2-. The van der Waals surface area contributed by atoms with Gasteiger partial charge in [-0.2, -0.15) is 0 Å². The van der Waals surface area contributed by atoms with Crippen LogP contribution in [0.5, 0.6) is 0 Å². The highest BCUT2D eigenvalue weighted by Crippen LogP contribution is 1.71. The highest BCUT2D eigenvalue weighted by molar-refractivity contribution is 5.73. The summed E-state index contributed by atoms with van der Waals surface area (Å²) < 4.78 is 6.36. The lowest BCUT2D eigenvalue weighted by Crippen LogP contribution is -2.33. The smallest absolute Gasteiger partial charge is 0.322 e. The minimum absolute atomic E-state index is 1.37. The Morgan fingerprint density at radius 1 is 2.14 bits per heavy atom. The van der Waals surface area contributed by atoms with Crippen molar-refractivity contribution in [1.29, 1.82) is 0 Å². The predicted octanol–water partition coefficient (Wildman–Crippen LogP) is -1.61. The van der Waals surface area contributed by atoms with Crippen LogP contribution in [0.3, 0.4) is 0 Å². The van der Waals surface area contributed by atoms with E-state index < -0.39 is 18.6 Å². The van der Waals surface area contributed by atoms with E-state index in [2.05, 4.69) is 0 Å². The summed E-state index contributed by atoms with van der Waals surface area (Å²) >= 11 is 0. The third-order valence-corrected chi connectivity index (χ3v) is 0.446. The van der Waals surface area contributed by atoms with E-state index in [9.17, 15) is 4.79 Å². The molecule has 0 saturated heterocycles. The molecule has 0 fully saturated rings. The molecule has 0 spiro atoms. The van der Waals surface area contributed by atoms with Crippen LogP contribution in [0.2, 0.25) is 0 Å². The first-order valence-electron chi connectivity index (χ1n) is 2.22. The lowest BCUT2D eigenvalue weighted by Gasteiger charge is -1.96. The number of aliphatic carboxylic acids is 1. The van der Waals surface area contributed by atoms with Crippen molar-refractivity contribution in [2.45, 2.75) is 6.04 Å². The summed E-state index contributed by atoms with van der Waals surface area (Å²) in [6.07, 6.45) is 0. The van der Waals surface area contributed by atoms with Gasteiger partial charge >= 0.3 is 5.97 Å². The summed E-state index contributed by atoms with van der Waals surface area (Å²) in [7, 11) is 0. The van der Waals surface area contributed by atoms with Gasteiger partial charge in [-0.25, -0.2) is 0 Å². The van der Waals surface area contributed by atoms with Gasteiger partial charge in [-0.05, 0) is 0 Å². The van der Waals surface area contributed by atoms with Gasteiger partial charge in [0.05, 0.1) is 7.95 Å². The Hall–Kier alpha value is -0.610. The zero-order chi connectivity index (χ0) is 6.73. The average Bonchev–Trinajstić information content (AvgIpc) is 1.64. The van der Waals surface area contributed by atoms with E-state index >= 15 is 0 Å². The van der Waals surface area contributed by atoms with Gasteiger partial charge in [0.25, 0.3) is 0 Å². The zero-order valence-corrected chi connectivity index (χ0v) is 3.53. The molecule has 2 atom stereocenters. The van der Waals surface area contributed by atoms with Gasteiger partial charge in [-0.1, -0.05) is 0 Å². The van der Waals surface area contributed by atoms with Crippen LogP contribution in [0.15, 0.2) is 0 Å². The first kappa shape index (κ1) is 4.55. The van der Waals surface area contributed by atoms with E-state index in [0.29, 0.717) is 0 Å². The van der Waals surface area contributed by atoms with Crippen LogP contribution in [0, 0.1) is 0 Å². The van der Waals surface area contributed by atoms with E-state index in [4.69, 9.17) is 17.3 Å². The summed E-state index contributed by atoms with van der Waals surface area (Å²) in [5.74, 6) is -1.37. The van der Waals surface area contributed by atoms with Crippen LogP contribution in [-0.4, -0.2) is 28.8 Å². The van der Waals surface area contributed by atoms with E-state index in [1.54, 1.807) is 0 Å². The number of hydrogen-bond acceptors (Lipinski definition) is 3. The fourth-order valence-corrected chi connectivity index (χ4v) is 0.0638. The summed E-state index contributed by atoms with van der Waals surface area (Å²) in [6, 6.07) is -1.49. The van der Waals surface area contributed by atoms with Crippen molar-refractivity contribution >= 4 is 5.97 Å². The molecule has 1 unspecified atom stereocenters. The van der Waals surface area contributed by atoms with E-state index in [-0.39, 0.29) is 0 Å². The van der Waals surface area contributed by atoms with Crippen LogP contribution in [0.4, 0.5) is 0 Å². The molecule has 4 heteroatoms. The van der Waals surface area contributed by atoms with Crippen LogP contribution >= 0.6 is 0 Å². The molecule has 0 heterocycles. The molecule has 0 aromatic heterocycles. The Kier molecular flexibility index (Phi) is 1.65. The van der Waals surface area contributed by atoms with Crippen LogP contribution in [0.1, 0.15) is 1.37 Å². The van der Waals surface area contributed by atoms with Crippen LogP contribution in [-0.2, 0) is 4.79 Å². The quantitative estimate of drug-likeness (QED) is 0.295. The van der Waals surface area contributed by atoms with Gasteiger partial charge in [0.2, 0.25) is 0 Å². The van der Waals surface area contributed by atoms with E-state index in [1.165, 1.54) is 0 Å². The van der Waals surface area contributed by atoms with Gasteiger partial charge in [-0.3, -0.25) is 4.79 Å². The second-order valence-corrected chi connectivity index (χ2v) is 1.01.